The summed E-state index contributed by atoms with van der Waals surface area (Å²) in [7, 11) is 0. The normalized spacial score (nSPS) is 14.9. The van der Waals surface area contributed by atoms with E-state index in [1.807, 2.05) is 0 Å². The molecule has 1 aliphatic rings. The molecule has 0 radical (unpaired) electrons. The number of pyridine rings is 1. The first-order valence-corrected chi connectivity index (χ1v) is 6.14. The van der Waals surface area contributed by atoms with Crippen molar-refractivity contribution in [3.63, 3.8) is 0 Å². The van der Waals surface area contributed by atoms with E-state index in [0.717, 1.165) is 0 Å². The molecule has 2 aromatic heterocycles. The van der Waals surface area contributed by atoms with Gasteiger partial charge in [0, 0.05) is 43.0 Å². The fourth-order valence-electron chi connectivity index (χ4n) is 2.21. The quantitative estimate of drug-likeness (QED) is 0.870. The van der Waals surface area contributed by atoms with Crippen molar-refractivity contribution in [1.82, 2.24) is 20.3 Å². The maximum atomic E-state index is 13.1. The molecule has 0 aromatic carbocycles. The number of halogens is 3. The molecule has 104 valence electrons. The standard InChI is InChI=1S/C13H11F3N4/c14-13(15,16)11-9-7-18-6-3-10(9)19-12(20-11)8-1-4-17-5-2-8/h1-2,4-5,18H,3,6-7H2. The van der Waals surface area contributed by atoms with Crippen LogP contribution in [0.4, 0.5) is 13.2 Å². The first kappa shape index (κ1) is 13.0. The number of nitrogens with one attached hydrogen (secondary N) is 1. The van der Waals surface area contributed by atoms with E-state index in [2.05, 4.69) is 20.3 Å². The van der Waals surface area contributed by atoms with E-state index in [-0.39, 0.29) is 17.9 Å². The molecule has 0 bridgehead atoms. The Morgan fingerprint density at radius 1 is 1.10 bits per heavy atom. The zero-order chi connectivity index (χ0) is 14.2. The van der Waals surface area contributed by atoms with Crippen LogP contribution in [0.2, 0.25) is 0 Å². The van der Waals surface area contributed by atoms with Crippen molar-refractivity contribution in [2.45, 2.75) is 19.1 Å². The molecule has 0 spiro atoms. The molecule has 20 heavy (non-hydrogen) atoms. The summed E-state index contributed by atoms with van der Waals surface area (Å²) in [6.45, 7) is 0.776. The van der Waals surface area contributed by atoms with Crippen LogP contribution in [-0.4, -0.2) is 21.5 Å². The Labute approximate surface area is 113 Å². The van der Waals surface area contributed by atoms with Gasteiger partial charge in [0.2, 0.25) is 0 Å². The van der Waals surface area contributed by atoms with E-state index in [1.165, 1.54) is 12.4 Å². The topological polar surface area (TPSA) is 50.7 Å². The van der Waals surface area contributed by atoms with Gasteiger partial charge in [-0.2, -0.15) is 13.2 Å². The Morgan fingerprint density at radius 3 is 2.55 bits per heavy atom. The smallest absolute Gasteiger partial charge is 0.312 e. The molecule has 4 nitrogen and oxygen atoms in total. The van der Waals surface area contributed by atoms with E-state index in [4.69, 9.17) is 0 Å². The third kappa shape index (κ3) is 2.36. The molecule has 1 aliphatic heterocycles. The summed E-state index contributed by atoms with van der Waals surface area (Å²) in [4.78, 5) is 11.8. The molecule has 0 saturated heterocycles. The van der Waals surface area contributed by atoms with Crippen LogP contribution in [0.25, 0.3) is 11.4 Å². The molecule has 3 rings (SSSR count). The minimum absolute atomic E-state index is 0.0976. The predicted molar refractivity (Wildman–Crippen MR) is 65.7 cm³/mol. The van der Waals surface area contributed by atoms with Crippen molar-refractivity contribution in [2.75, 3.05) is 6.54 Å². The summed E-state index contributed by atoms with van der Waals surface area (Å²) >= 11 is 0. The van der Waals surface area contributed by atoms with Gasteiger partial charge in [-0.1, -0.05) is 0 Å². The fraction of sp³-hybridized carbons (Fsp3) is 0.308. The van der Waals surface area contributed by atoms with Crippen molar-refractivity contribution >= 4 is 0 Å². The Hall–Kier alpha value is -2.02. The highest BCUT2D eigenvalue weighted by atomic mass is 19.4. The monoisotopic (exact) mass is 280 g/mol. The summed E-state index contributed by atoms with van der Waals surface area (Å²) in [6.07, 6.45) is -0.993. The molecule has 0 unspecified atom stereocenters. The average Bonchev–Trinajstić information content (AvgIpc) is 2.46. The maximum absolute atomic E-state index is 13.1. The summed E-state index contributed by atoms with van der Waals surface area (Å²) in [5.74, 6) is 0.0976. The van der Waals surface area contributed by atoms with Crippen LogP contribution < -0.4 is 5.32 Å². The van der Waals surface area contributed by atoms with Gasteiger partial charge in [-0.05, 0) is 12.1 Å². The van der Waals surface area contributed by atoms with Crippen molar-refractivity contribution < 1.29 is 13.2 Å². The fourth-order valence-corrected chi connectivity index (χ4v) is 2.21. The highest BCUT2D eigenvalue weighted by Crippen LogP contribution is 2.33. The Morgan fingerprint density at radius 2 is 1.85 bits per heavy atom. The first-order chi connectivity index (χ1) is 9.55. The Kier molecular flexibility index (Phi) is 3.13. The number of alkyl halides is 3. The second-order valence-corrected chi connectivity index (χ2v) is 4.48. The zero-order valence-electron chi connectivity index (χ0n) is 10.4. The van der Waals surface area contributed by atoms with Crippen molar-refractivity contribution in [1.29, 1.82) is 0 Å². The Bertz CT molecular complexity index is 626. The summed E-state index contributed by atoms with van der Waals surface area (Å²) in [6, 6.07) is 3.20. The lowest BCUT2D eigenvalue weighted by Crippen LogP contribution is -2.29. The number of hydrogen-bond donors (Lipinski definition) is 1. The molecule has 0 saturated carbocycles. The molecule has 1 N–H and O–H groups in total. The first-order valence-electron chi connectivity index (χ1n) is 6.14. The second-order valence-electron chi connectivity index (χ2n) is 4.48. The van der Waals surface area contributed by atoms with Crippen LogP contribution in [0.1, 0.15) is 17.0 Å². The molecule has 2 aromatic rings. The summed E-state index contributed by atoms with van der Waals surface area (Å²) in [5, 5.41) is 2.92. The molecule has 0 amide bonds. The van der Waals surface area contributed by atoms with Gasteiger partial charge in [-0.3, -0.25) is 4.98 Å². The number of hydrogen-bond acceptors (Lipinski definition) is 4. The molecule has 3 heterocycles. The van der Waals surface area contributed by atoms with Crippen LogP contribution in [0, 0.1) is 0 Å². The Balaban J connectivity index is 2.19. The lowest BCUT2D eigenvalue weighted by molar-refractivity contribution is -0.142. The van der Waals surface area contributed by atoms with Gasteiger partial charge >= 0.3 is 6.18 Å². The zero-order valence-corrected chi connectivity index (χ0v) is 10.4. The number of fused-ring (bicyclic) bond motifs is 1. The van der Waals surface area contributed by atoms with Gasteiger partial charge in [0.25, 0.3) is 0 Å². The highest BCUT2D eigenvalue weighted by molar-refractivity contribution is 5.55. The van der Waals surface area contributed by atoms with Gasteiger partial charge in [0.05, 0.1) is 5.69 Å². The third-order valence-electron chi connectivity index (χ3n) is 3.14. The molecule has 0 atom stereocenters. The highest BCUT2D eigenvalue weighted by Gasteiger charge is 2.38. The van der Waals surface area contributed by atoms with E-state index in [1.54, 1.807) is 12.1 Å². The van der Waals surface area contributed by atoms with Crippen LogP contribution >= 0.6 is 0 Å². The lowest BCUT2D eigenvalue weighted by atomic mass is 10.0. The van der Waals surface area contributed by atoms with E-state index in [0.29, 0.717) is 24.2 Å². The van der Waals surface area contributed by atoms with Crippen molar-refractivity contribution in [3.05, 3.63) is 41.5 Å². The van der Waals surface area contributed by atoms with Gasteiger partial charge < -0.3 is 5.32 Å². The maximum Gasteiger partial charge on any atom is 0.433 e. The minimum atomic E-state index is -4.48. The van der Waals surface area contributed by atoms with E-state index in [9.17, 15) is 13.2 Å². The average molecular weight is 280 g/mol. The van der Waals surface area contributed by atoms with Gasteiger partial charge in [-0.25, -0.2) is 9.97 Å². The van der Waals surface area contributed by atoms with E-state index < -0.39 is 11.9 Å². The largest absolute Gasteiger partial charge is 0.433 e. The van der Waals surface area contributed by atoms with Gasteiger partial charge in [-0.15, -0.1) is 0 Å². The van der Waals surface area contributed by atoms with Crippen LogP contribution in [-0.2, 0) is 19.1 Å². The van der Waals surface area contributed by atoms with Crippen molar-refractivity contribution in [2.24, 2.45) is 0 Å². The van der Waals surface area contributed by atoms with Gasteiger partial charge in [0.1, 0.15) is 0 Å². The summed E-state index contributed by atoms with van der Waals surface area (Å²) < 4.78 is 39.4. The molecule has 0 fully saturated rings. The number of nitrogens with zero attached hydrogens (tertiary/aromatic N) is 3. The molecule has 7 heteroatoms. The number of aromatic nitrogens is 3. The molecular weight excluding hydrogens is 269 g/mol. The van der Waals surface area contributed by atoms with Gasteiger partial charge in [0.15, 0.2) is 11.5 Å². The van der Waals surface area contributed by atoms with Crippen LogP contribution in [0.5, 0.6) is 0 Å². The second kappa shape index (κ2) is 4.82. The third-order valence-corrected chi connectivity index (χ3v) is 3.14. The summed E-state index contributed by atoms with van der Waals surface area (Å²) in [5.41, 5.74) is 0.313. The van der Waals surface area contributed by atoms with E-state index >= 15 is 0 Å². The SMILES string of the molecule is FC(F)(F)c1nc(-c2ccncc2)nc2c1CNCC2. The lowest BCUT2D eigenvalue weighted by Gasteiger charge is -2.21. The number of rotatable bonds is 1. The van der Waals surface area contributed by atoms with Crippen LogP contribution in [0.15, 0.2) is 24.5 Å². The molecule has 0 aliphatic carbocycles. The van der Waals surface area contributed by atoms with Crippen molar-refractivity contribution in [3.8, 4) is 11.4 Å². The predicted octanol–water partition coefficient (Wildman–Crippen LogP) is 2.20. The minimum Gasteiger partial charge on any atom is -0.312 e. The molecular formula is C13H11F3N4. The van der Waals surface area contributed by atoms with Crippen LogP contribution in [0.3, 0.4) is 0 Å².